The second kappa shape index (κ2) is 10.9. The summed E-state index contributed by atoms with van der Waals surface area (Å²) in [4.78, 5) is 15.4. The zero-order valence-electron chi connectivity index (χ0n) is 21.7. The third kappa shape index (κ3) is 5.31. The quantitative estimate of drug-likeness (QED) is 0.546. The topological polar surface area (TPSA) is 109 Å². The van der Waals surface area contributed by atoms with E-state index in [9.17, 15) is 13.2 Å². The van der Waals surface area contributed by atoms with Crippen LogP contribution in [0.1, 0.15) is 54.0 Å². The Bertz CT molecular complexity index is 1240. The molecule has 2 saturated heterocycles. The maximum absolute atomic E-state index is 13.7. The van der Waals surface area contributed by atoms with Crippen molar-refractivity contribution in [1.29, 1.82) is 0 Å². The molecule has 0 unspecified atom stereocenters. The van der Waals surface area contributed by atoms with Gasteiger partial charge in [-0.15, -0.1) is 0 Å². The number of ether oxygens (including phenoxy) is 1. The van der Waals surface area contributed by atoms with Gasteiger partial charge in [0.25, 0.3) is 0 Å². The largest absolute Gasteiger partial charge is 0.377 e. The van der Waals surface area contributed by atoms with Crippen molar-refractivity contribution in [3.05, 3.63) is 40.7 Å². The Labute approximate surface area is 240 Å². The first kappa shape index (κ1) is 27.0. The summed E-state index contributed by atoms with van der Waals surface area (Å²) in [6.45, 7) is 2.70. The van der Waals surface area contributed by atoms with Gasteiger partial charge in [-0.2, -0.15) is 13.5 Å². The third-order valence-electron chi connectivity index (χ3n) is 8.05. The van der Waals surface area contributed by atoms with E-state index >= 15 is 0 Å². The molecule has 0 spiro atoms. The Morgan fingerprint density at radius 2 is 1.73 bits per heavy atom. The average Bonchev–Trinajstić information content (AvgIpc) is 3.54. The van der Waals surface area contributed by atoms with Crippen LogP contribution in [0.15, 0.2) is 18.5 Å². The minimum Gasteiger partial charge on any atom is -0.377 e. The van der Waals surface area contributed by atoms with Gasteiger partial charge in [-0.3, -0.25) is 4.68 Å². The Morgan fingerprint density at radius 3 is 2.32 bits per heavy atom. The maximum Gasteiger partial charge on any atom is 0.334 e. The predicted octanol–water partition coefficient (Wildman–Crippen LogP) is 2.02. The fraction of sp³-hybridized carbons (Fsp3) is 0.600. The molecule has 0 atom stereocenters. The third-order valence-corrected chi connectivity index (χ3v) is 9.52. The van der Waals surface area contributed by atoms with Crippen LogP contribution in [0.5, 0.6) is 0 Å². The summed E-state index contributed by atoms with van der Waals surface area (Å²) in [7, 11) is -2.14. The number of nitrogens with one attached hydrogen (secondary N) is 2. The Morgan fingerprint density at radius 1 is 1.08 bits per heavy atom. The van der Waals surface area contributed by atoms with Crippen LogP contribution in [0.4, 0.5) is 16.2 Å². The number of likely N-dealkylation sites (tertiary alicyclic amines) is 1. The van der Waals surface area contributed by atoms with E-state index in [1.54, 1.807) is 17.1 Å². The monoisotopic (exact) mass is 537 g/mol. The minimum absolute atomic E-state index is 0. The molecule has 6 rings (SSSR count). The number of piperidine rings is 1. The standard InChI is InChI=1S/C25H34N6O4S.Na/c1-29-10-8-19(9-11-29)31(20-13-26-30(14-20)21-15-35-16-21)36(33,34)28-25(32)27-24-22-6-2-4-17(22)12-18-5-3-7-23(18)24;/h12-14,19,21H,2-11,15-16H2,1H3,(H2,27,28,32);. The normalized spacial score (nSPS) is 20.0. The Hall–Kier alpha value is -1.63. The van der Waals surface area contributed by atoms with Crippen LogP contribution in [0.25, 0.3) is 0 Å². The number of amides is 2. The summed E-state index contributed by atoms with van der Waals surface area (Å²) >= 11 is 0. The van der Waals surface area contributed by atoms with E-state index in [-0.39, 0.29) is 41.6 Å². The summed E-state index contributed by atoms with van der Waals surface area (Å²) in [5, 5.41) is 7.36. The van der Waals surface area contributed by atoms with Crippen molar-refractivity contribution in [3.63, 3.8) is 0 Å². The molecule has 195 valence electrons. The number of benzene rings is 1. The maximum atomic E-state index is 13.7. The van der Waals surface area contributed by atoms with Gasteiger partial charge in [-0.1, -0.05) is 6.07 Å². The molecule has 2 aromatic rings. The molecule has 10 nitrogen and oxygen atoms in total. The minimum atomic E-state index is -4.17. The van der Waals surface area contributed by atoms with Gasteiger partial charge in [0.1, 0.15) is 0 Å². The number of hydrogen-bond donors (Lipinski definition) is 2. The second-order valence-electron chi connectivity index (χ2n) is 10.5. The van der Waals surface area contributed by atoms with Crippen LogP contribution in [0.3, 0.4) is 0 Å². The molecule has 4 aliphatic rings. The van der Waals surface area contributed by atoms with Gasteiger partial charge in [0, 0.05) is 47.5 Å². The summed E-state index contributed by atoms with van der Waals surface area (Å²) in [5.74, 6) is 0. The first-order chi connectivity index (χ1) is 17.4. The molecule has 1 radical (unpaired) electrons. The van der Waals surface area contributed by atoms with Gasteiger partial charge in [0.15, 0.2) is 0 Å². The molecule has 2 aliphatic heterocycles. The molecule has 0 bridgehead atoms. The molecule has 3 heterocycles. The number of aryl methyl sites for hydroxylation is 2. The predicted molar refractivity (Wildman–Crippen MR) is 142 cm³/mol. The van der Waals surface area contributed by atoms with Crippen molar-refractivity contribution >= 4 is 57.2 Å². The molecule has 37 heavy (non-hydrogen) atoms. The Kier molecular flexibility index (Phi) is 7.91. The number of urea groups is 1. The fourth-order valence-corrected chi connectivity index (χ4v) is 7.42. The summed E-state index contributed by atoms with van der Waals surface area (Å²) < 4.78 is 38.2. The first-order valence-electron chi connectivity index (χ1n) is 13.0. The van der Waals surface area contributed by atoms with Gasteiger partial charge in [-0.05, 0) is 93.8 Å². The molecule has 2 fully saturated rings. The number of carbonyl (C=O) groups excluding carboxylic acids is 1. The number of nitrogens with zero attached hydrogens (tertiary/aromatic N) is 4. The van der Waals surface area contributed by atoms with Crippen LogP contribution in [0, 0.1) is 0 Å². The summed E-state index contributed by atoms with van der Waals surface area (Å²) in [6.07, 6.45) is 10.7. The first-order valence-corrected chi connectivity index (χ1v) is 14.4. The van der Waals surface area contributed by atoms with Crippen molar-refractivity contribution in [2.75, 3.05) is 43.0 Å². The molecule has 1 aromatic carbocycles. The van der Waals surface area contributed by atoms with Gasteiger partial charge in [0.2, 0.25) is 0 Å². The van der Waals surface area contributed by atoms with Crippen molar-refractivity contribution < 1.29 is 17.9 Å². The van der Waals surface area contributed by atoms with E-state index in [0.717, 1.165) is 57.3 Å². The number of hydrogen-bond acceptors (Lipinski definition) is 6. The molecule has 0 saturated carbocycles. The average molecular weight is 538 g/mol. The van der Waals surface area contributed by atoms with Gasteiger partial charge in [0.05, 0.1) is 31.1 Å². The number of carbonyl (C=O) groups is 1. The fourth-order valence-electron chi connectivity index (χ4n) is 6.07. The van der Waals surface area contributed by atoms with Crippen molar-refractivity contribution in [1.82, 2.24) is 19.4 Å². The number of aromatic nitrogens is 2. The second-order valence-corrected chi connectivity index (χ2v) is 12.0. The van der Waals surface area contributed by atoms with Crippen LogP contribution < -0.4 is 14.3 Å². The van der Waals surface area contributed by atoms with Crippen molar-refractivity contribution in [2.24, 2.45) is 0 Å². The van der Waals surface area contributed by atoms with Crippen LogP contribution in [-0.4, -0.2) is 98.1 Å². The van der Waals surface area contributed by atoms with E-state index in [2.05, 4.69) is 26.1 Å². The molecule has 2 N–H and O–H groups in total. The molecule has 2 amide bonds. The molecule has 12 heteroatoms. The molecular formula is C25H34N6NaO4S. The number of anilines is 2. The molecule has 2 aliphatic carbocycles. The van der Waals surface area contributed by atoms with Crippen molar-refractivity contribution in [3.8, 4) is 0 Å². The smallest absolute Gasteiger partial charge is 0.334 e. The van der Waals surface area contributed by atoms with Crippen LogP contribution in [0.2, 0.25) is 0 Å². The zero-order chi connectivity index (χ0) is 24.9. The van der Waals surface area contributed by atoms with Gasteiger partial charge < -0.3 is 15.0 Å². The van der Waals surface area contributed by atoms with Gasteiger partial charge >= 0.3 is 16.2 Å². The van der Waals surface area contributed by atoms with E-state index in [1.807, 2.05) is 7.05 Å². The zero-order valence-corrected chi connectivity index (χ0v) is 24.5. The van der Waals surface area contributed by atoms with Crippen LogP contribution >= 0.6 is 0 Å². The van der Waals surface area contributed by atoms with Crippen molar-refractivity contribution in [2.45, 2.75) is 63.5 Å². The van der Waals surface area contributed by atoms with E-state index in [0.29, 0.717) is 31.7 Å². The Balaban J connectivity index is 0.00000280. The van der Waals surface area contributed by atoms with E-state index in [4.69, 9.17) is 4.74 Å². The number of rotatable bonds is 6. The van der Waals surface area contributed by atoms with E-state index < -0.39 is 16.2 Å². The molecule has 1 aromatic heterocycles. The summed E-state index contributed by atoms with van der Waals surface area (Å²) in [6, 6.07) is 1.44. The van der Waals surface area contributed by atoms with Crippen LogP contribution in [-0.2, 0) is 40.6 Å². The summed E-state index contributed by atoms with van der Waals surface area (Å²) in [5.41, 5.74) is 6.20. The van der Waals surface area contributed by atoms with E-state index in [1.165, 1.54) is 26.6 Å². The SMILES string of the molecule is CN1CCC(N(c2cnn(C3COC3)c2)S(=O)(=O)NC(=O)Nc2c3c(cc4c2CCC4)CCC3)CC1.[Na]. The van der Waals surface area contributed by atoms with Gasteiger partial charge in [-0.25, -0.2) is 13.8 Å². The number of fused-ring (bicyclic) bond motifs is 2. The molecular weight excluding hydrogens is 503 g/mol.